The van der Waals surface area contributed by atoms with Gasteiger partial charge < -0.3 is 10.8 Å². The normalized spacial score (nSPS) is 28.5. The Labute approximate surface area is 115 Å². The van der Waals surface area contributed by atoms with Crippen LogP contribution in [0.4, 0.5) is 0 Å². The minimum Gasteiger partial charge on any atom is -0.387 e. The van der Waals surface area contributed by atoms with Gasteiger partial charge in [-0.2, -0.15) is 0 Å². The number of hydrogen-bond donors (Lipinski definition) is 2. The summed E-state index contributed by atoms with van der Waals surface area (Å²) < 4.78 is 0. The van der Waals surface area contributed by atoms with E-state index in [1.807, 2.05) is 24.3 Å². The Morgan fingerprint density at radius 2 is 1.79 bits per heavy atom. The maximum Gasteiger partial charge on any atom is 0.0916 e. The first-order valence-corrected chi connectivity index (χ1v) is 7.45. The van der Waals surface area contributed by atoms with Gasteiger partial charge in [0.2, 0.25) is 0 Å². The Bertz CT molecular complexity index is 405. The second-order valence-corrected chi connectivity index (χ2v) is 6.13. The van der Waals surface area contributed by atoms with Gasteiger partial charge in [-0.1, -0.05) is 30.7 Å². The molecule has 1 aromatic carbocycles. The summed E-state index contributed by atoms with van der Waals surface area (Å²) in [5.74, 6) is 1.79. The molecule has 0 spiro atoms. The van der Waals surface area contributed by atoms with Crippen LogP contribution in [0.25, 0.3) is 0 Å². The van der Waals surface area contributed by atoms with E-state index in [2.05, 4.69) is 4.90 Å². The molecule has 0 aromatic heterocycles. The van der Waals surface area contributed by atoms with Crippen molar-refractivity contribution in [1.82, 2.24) is 4.90 Å². The van der Waals surface area contributed by atoms with Gasteiger partial charge in [0.15, 0.2) is 0 Å². The van der Waals surface area contributed by atoms with Crippen LogP contribution in [0, 0.1) is 11.8 Å². The van der Waals surface area contributed by atoms with E-state index in [1.54, 1.807) is 0 Å². The summed E-state index contributed by atoms with van der Waals surface area (Å²) in [6.45, 7) is 3.70. The lowest BCUT2D eigenvalue weighted by Crippen LogP contribution is -2.27. The van der Waals surface area contributed by atoms with E-state index in [1.165, 1.54) is 32.4 Å². The number of fused-ring (bicyclic) bond motifs is 1. The zero-order valence-electron chi connectivity index (χ0n) is 11.5. The molecule has 3 heteroatoms. The van der Waals surface area contributed by atoms with Crippen LogP contribution in [0.1, 0.15) is 36.5 Å². The van der Waals surface area contributed by atoms with Gasteiger partial charge in [-0.05, 0) is 35.8 Å². The molecule has 3 unspecified atom stereocenters. The van der Waals surface area contributed by atoms with Crippen molar-refractivity contribution in [3.05, 3.63) is 35.4 Å². The molecule has 0 amide bonds. The van der Waals surface area contributed by atoms with Gasteiger partial charge in [-0.15, -0.1) is 0 Å². The summed E-state index contributed by atoms with van der Waals surface area (Å²) in [6, 6.07) is 8.03. The number of rotatable bonds is 4. The average molecular weight is 260 g/mol. The number of β-amino-alcohol motifs (C(OH)–C–C–N with tert-alkyl or cyclic N) is 1. The second kappa shape index (κ2) is 5.61. The molecule has 3 atom stereocenters. The zero-order valence-corrected chi connectivity index (χ0v) is 11.5. The number of hydrogen-bond acceptors (Lipinski definition) is 3. The van der Waals surface area contributed by atoms with Crippen LogP contribution in [0.5, 0.6) is 0 Å². The summed E-state index contributed by atoms with van der Waals surface area (Å²) in [4.78, 5) is 2.44. The second-order valence-electron chi connectivity index (χ2n) is 6.13. The van der Waals surface area contributed by atoms with E-state index in [-0.39, 0.29) is 6.10 Å². The largest absolute Gasteiger partial charge is 0.387 e. The number of nitrogens with zero attached hydrogens (tertiary/aromatic N) is 1. The molecular weight excluding hydrogens is 236 g/mol. The number of aliphatic hydroxyl groups excluding tert-OH is 1. The Morgan fingerprint density at radius 3 is 2.37 bits per heavy atom. The maximum atomic E-state index is 10.3. The third kappa shape index (κ3) is 2.83. The average Bonchev–Trinajstić information content (AvgIpc) is 2.99. The fourth-order valence-corrected chi connectivity index (χ4v) is 3.71. The van der Waals surface area contributed by atoms with Gasteiger partial charge in [0.25, 0.3) is 0 Å². The van der Waals surface area contributed by atoms with Gasteiger partial charge >= 0.3 is 0 Å². The standard InChI is InChI=1S/C16H24N2O/c17-8-12-4-6-13(7-5-12)16(19)11-18-9-14-2-1-3-15(14)10-18/h4-7,14-16,19H,1-3,8-11,17H2. The van der Waals surface area contributed by atoms with Crippen LogP contribution in [-0.4, -0.2) is 29.6 Å². The molecule has 1 heterocycles. The van der Waals surface area contributed by atoms with E-state index in [0.717, 1.165) is 29.5 Å². The molecule has 2 fully saturated rings. The van der Waals surface area contributed by atoms with Crippen molar-refractivity contribution in [2.24, 2.45) is 17.6 Å². The van der Waals surface area contributed by atoms with Gasteiger partial charge in [0.1, 0.15) is 0 Å². The Kier molecular flexibility index (Phi) is 3.87. The molecule has 1 saturated carbocycles. The number of benzene rings is 1. The summed E-state index contributed by atoms with van der Waals surface area (Å²) in [6.07, 6.45) is 3.82. The fraction of sp³-hybridized carbons (Fsp3) is 0.625. The summed E-state index contributed by atoms with van der Waals surface area (Å²) in [5.41, 5.74) is 7.72. The van der Waals surface area contributed by atoms with Crippen LogP contribution in [0.15, 0.2) is 24.3 Å². The highest BCUT2D eigenvalue weighted by Gasteiger charge is 2.36. The highest BCUT2D eigenvalue weighted by atomic mass is 16.3. The van der Waals surface area contributed by atoms with Crippen LogP contribution in [-0.2, 0) is 6.54 Å². The molecule has 2 aliphatic rings. The molecule has 0 bridgehead atoms. The fourth-order valence-electron chi connectivity index (χ4n) is 3.71. The van der Waals surface area contributed by atoms with Crippen LogP contribution < -0.4 is 5.73 Å². The molecular formula is C16H24N2O. The molecule has 1 aromatic rings. The third-order valence-electron chi connectivity index (χ3n) is 4.83. The lowest BCUT2D eigenvalue weighted by atomic mass is 10.0. The molecule has 19 heavy (non-hydrogen) atoms. The van der Waals surface area contributed by atoms with Crippen molar-refractivity contribution >= 4 is 0 Å². The summed E-state index contributed by atoms with van der Waals surface area (Å²) in [7, 11) is 0. The maximum absolute atomic E-state index is 10.3. The molecule has 104 valence electrons. The third-order valence-corrected chi connectivity index (χ3v) is 4.83. The monoisotopic (exact) mass is 260 g/mol. The molecule has 1 saturated heterocycles. The van der Waals surface area contributed by atoms with Crippen molar-refractivity contribution in [1.29, 1.82) is 0 Å². The predicted octanol–water partition coefficient (Wildman–Crippen LogP) is 1.91. The smallest absolute Gasteiger partial charge is 0.0916 e. The van der Waals surface area contributed by atoms with E-state index in [9.17, 15) is 5.11 Å². The van der Waals surface area contributed by atoms with E-state index >= 15 is 0 Å². The highest BCUT2D eigenvalue weighted by molar-refractivity contribution is 5.24. The minimum absolute atomic E-state index is 0.370. The number of aliphatic hydroxyl groups is 1. The van der Waals surface area contributed by atoms with Gasteiger partial charge in [0, 0.05) is 26.2 Å². The van der Waals surface area contributed by atoms with Crippen molar-refractivity contribution in [2.45, 2.75) is 31.9 Å². The van der Waals surface area contributed by atoms with Crippen LogP contribution >= 0.6 is 0 Å². The molecule has 3 rings (SSSR count). The van der Waals surface area contributed by atoms with Crippen LogP contribution in [0.3, 0.4) is 0 Å². The zero-order chi connectivity index (χ0) is 13.2. The predicted molar refractivity (Wildman–Crippen MR) is 76.6 cm³/mol. The Morgan fingerprint density at radius 1 is 1.16 bits per heavy atom. The van der Waals surface area contributed by atoms with E-state index in [0.29, 0.717) is 6.54 Å². The summed E-state index contributed by atoms with van der Waals surface area (Å²) in [5, 5.41) is 10.3. The van der Waals surface area contributed by atoms with Gasteiger partial charge in [0.05, 0.1) is 6.10 Å². The highest BCUT2D eigenvalue weighted by Crippen LogP contribution is 2.38. The quantitative estimate of drug-likeness (QED) is 0.869. The summed E-state index contributed by atoms with van der Waals surface area (Å²) >= 11 is 0. The topological polar surface area (TPSA) is 49.5 Å². The Balaban J connectivity index is 1.57. The van der Waals surface area contributed by atoms with Crippen molar-refractivity contribution in [3.8, 4) is 0 Å². The molecule has 3 N–H and O–H groups in total. The van der Waals surface area contributed by atoms with Gasteiger partial charge in [-0.3, -0.25) is 4.90 Å². The van der Waals surface area contributed by atoms with Gasteiger partial charge in [-0.25, -0.2) is 0 Å². The van der Waals surface area contributed by atoms with Crippen molar-refractivity contribution in [2.75, 3.05) is 19.6 Å². The van der Waals surface area contributed by atoms with Crippen molar-refractivity contribution < 1.29 is 5.11 Å². The van der Waals surface area contributed by atoms with E-state index in [4.69, 9.17) is 5.73 Å². The number of nitrogens with two attached hydrogens (primary N) is 1. The SMILES string of the molecule is NCc1ccc(C(O)CN2CC3CCCC3C2)cc1. The molecule has 3 nitrogen and oxygen atoms in total. The number of likely N-dealkylation sites (tertiary alicyclic amines) is 1. The first-order valence-electron chi connectivity index (χ1n) is 7.45. The van der Waals surface area contributed by atoms with Crippen LogP contribution in [0.2, 0.25) is 0 Å². The first kappa shape index (κ1) is 13.1. The lowest BCUT2D eigenvalue weighted by molar-refractivity contribution is 0.122. The lowest BCUT2D eigenvalue weighted by Gasteiger charge is -2.21. The Hall–Kier alpha value is -0.900. The molecule has 1 aliphatic heterocycles. The molecule has 1 aliphatic carbocycles. The van der Waals surface area contributed by atoms with E-state index < -0.39 is 0 Å². The van der Waals surface area contributed by atoms with Crippen molar-refractivity contribution in [3.63, 3.8) is 0 Å². The first-order chi connectivity index (χ1) is 9.26. The molecule has 0 radical (unpaired) electrons. The minimum atomic E-state index is -0.370.